The predicted octanol–water partition coefficient (Wildman–Crippen LogP) is 6.67. The highest BCUT2D eigenvalue weighted by molar-refractivity contribution is 5.47. The molecule has 0 aromatic heterocycles. The van der Waals surface area contributed by atoms with Gasteiger partial charge in [0.1, 0.15) is 11.5 Å². The maximum atomic E-state index is 14.0. The highest BCUT2D eigenvalue weighted by Gasteiger charge is 2.72. The number of rotatable bonds is 8. The van der Waals surface area contributed by atoms with Crippen LogP contribution in [-0.4, -0.2) is 26.1 Å². The zero-order chi connectivity index (χ0) is 21.7. The highest BCUT2D eigenvalue weighted by atomic mass is 19.4. The van der Waals surface area contributed by atoms with Crippen molar-refractivity contribution in [2.45, 2.75) is 44.0 Å². The van der Waals surface area contributed by atoms with Crippen molar-refractivity contribution in [3.8, 4) is 11.5 Å². The number of hydrogen-bond donors (Lipinski definition) is 0. The molecule has 2 nitrogen and oxygen atoms in total. The summed E-state index contributed by atoms with van der Waals surface area (Å²) in [6.45, 7) is 2.34. The van der Waals surface area contributed by atoms with Crippen LogP contribution in [0.2, 0.25) is 0 Å². The fourth-order valence-electron chi connectivity index (χ4n) is 3.17. The molecule has 0 heterocycles. The number of methoxy groups -OCH3 is 1. The van der Waals surface area contributed by atoms with Crippen molar-refractivity contribution < 1.29 is 35.8 Å². The maximum Gasteiger partial charge on any atom is 0.411 e. The maximum absolute atomic E-state index is 14.0. The Morgan fingerprint density at radius 3 is 1.52 bits per heavy atom. The van der Waals surface area contributed by atoms with Gasteiger partial charge in [-0.2, -0.15) is 26.3 Å². The first-order valence-electron chi connectivity index (χ1n) is 9.09. The van der Waals surface area contributed by atoms with Crippen LogP contribution in [0.1, 0.15) is 37.3 Å². The lowest BCUT2D eigenvalue weighted by molar-refractivity contribution is -0.288. The molecule has 160 valence electrons. The first kappa shape index (κ1) is 22.9. The molecular weight excluding hydrogens is 398 g/mol. The summed E-state index contributed by atoms with van der Waals surface area (Å²) in [5, 5.41) is 0. The van der Waals surface area contributed by atoms with Gasteiger partial charge in [-0.1, -0.05) is 44.0 Å². The molecule has 0 amide bonds. The lowest BCUT2D eigenvalue weighted by Crippen LogP contribution is -2.54. The van der Waals surface area contributed by atoms with Gasteiger partial charge < -0.3 is 9.47 Å². The summed E-state index contributed by atoms with van der Waals surface area (Å²) in [6, 6.07) is 7.64. The number of hydrogen-bond acceptors (Lipinski definition) is 2. The summed E-state index contributed by atoms with van der Waals surface area (Å²) < 4.78 is 94.4. The van der Waals surface area contributed by atoms with Crippen molar-refractivity contribution in [2.24, 2.45) is 0 Å². The number of unbranched alkanes of at least 4 members (excludes halogenated alkanes) is 2. The second-order valence-electron chi connectivity index (χ2n) is 6.55. The standard InChI is InChI=1S/C21H22F6O2/c1-3-4-5-14-29-18-12-8-16(9-13-18)19(20(22,23)24,21(25,26)27)15-6-10-17(28-2)11-7-15/h6-13H,3-5,14H2,1-2H3. The van der Waals surface area contributed by atoms with Crippen molar-refractivity contribution in [3.05, 3.63) is 59.7 Å². The van der Waals surface area contributed by atoms with Gasteiger partial charge in [-0.25, -0.2) is 0 Å². The largest absolute Gasteiger partial charge is 0.497 e. The van der Waals surface area contributed by atoms with Crippen LogP contribution in [0.5, 0.6) is 11.5 Å². The molecule has 0 aliphatic carbocycles. The van der Waals surface area contributed by atoms with Crippen LogP contribution in [0.4, 0.5) is 26.3 Å². The van der Waals surface area contributed by atoms with Gasteiger partial charge >= 0.3 is 12.4 Å². The lowest BCUT2D eigenvalue weighted by atomic mass is 9.73. The molecule has 29 heavy (non-hydrogen) atoms. The van der Waals surface area contributed by atoms with E-state index in [1.807, 2.05) is 6.92 Å². The Morgan fingerprint density at radius 1 is 0.690 bits per heavy atom. The van der Waals surface area contributed by atoms with Crippen molar-refractivity contribution in [2.75, 3.05) is 13.7 Å². The minimum absolute atomic E-state index is 0.155. The van der Waals surface area contributed by atoms with Crippen molar-refractivity contribution in [1.29, 1.82) is 0 Å². The average molecular weight is 420 g/mol. The van der Waals surface area contributed by atoms with Crippen molar-refractivity contribution in [3.63, 3.8) is 0 Å². The molecule has 0 radical (unpaired) electrons. The van der Waals surface area contributed by atoms with E-state index in [1.54, 1.807) is 0 Å². The third-order valence-electron chi connectivity index (χ3n) is 4.68. The number of ether oxygens (including phenoxy) is 2. The minimum atomic E-state index is -5.62. The zero-order valence-corrected chi connectivity index (χ0v) is 16.0. The minimum Gasteiger partial charge on any atom is -0.497 e. The second-order valence-corrected chi connectivity index (χ2v) is 6.55. The first-order valence-corrected chi connectivity index (χ1v) is 9.09. The Hall–Kier alpha value is -2.38. The van der Waals surface area contributed by atoms with Crippen LogP contribution in [-0.2, 0) is 5.41 Å². The molecule has 8 heteroatoms. The summed E-state index contributed by atoms with van der Waals surface area (Å²) in [6.07, 6.45) is -8.61. The summed E-state index contributed by atoms with van der Waals surface area (Å²) in [4.78, 5) is 0. The molecule has 0 aliphatic heterocycles. The molecule has 0 spiro atoms. The Labute approximate surface area is 165 Å². The van der Waals surface area contributed by atoms with Crippen LogP contribution < -0.4 is 9.47 Å². The van der Waals surface area contributed by atoms with Gasteiger partial charge in [0.15, 0.2) is 0 Å². The van der Waals surface area contributed by atoms with Gasteiger partial charge in [0.25, 0.3) is 0 Å². The summed E-state index contributed by atoms with van der Waals surface area (Å²) in [7, 11) is 1.27. The van der Waals surface area contributed by atoms with Gasteiger partial charge in [-0.15, -0.1) is 0 Å². The molecular formula is C21H22F6O2. The van der Waals surface area contributed by atoms with E-state index in [2.05, 4.69) is 0 Å². The van der Waals surface area contributed by atoms with Gasteiger partial charge in [0.2, 0.25) is 5.41 Å². The molecule has 0 aliphatic rings. The third kappa shape index (κ3) is 4.62. The van der Waals surface area contributed by atoms with E-state index >= 15 is 0 Å². The molecule has 0 N–H and O–H groups in total. The SMILES string of the molecule is CCCCCOc1ccc(C(c2ccc(OC)cc2)(C(F)(F)F)C(F)(F)F)cc1. The molecule has 0 unspecified atom stereocenters. The number of halogens is 6. The van der Waals surface area contributed by atoms with Crippen LogP contribution in [0.15, 0.2) is 48.5 Å². The summed E-state index contributed by atoms with van der Waals surface area (Å²) in [5.41, 5.74) is -6.04. The predicted molar refractivity (Wildman–Crippen MR) is 97.3 cm³/mol. The van der Waals surface area contributed by atoms with Gasteiger partial charge in [0, 0.05) is 0 Å². The molecule has 0 saturated heterocycles. The fourth-order valence-corrected chi connectivity index (χ4v) is 3.17. The Morgan fingerprint density at radius 2 is 1.14 bits per heavy atom. The Balaban J connectivity index is 2.52. The van der Waals surface area contributed by atoms with E-state index < -0.39 is 28.9 Å². The van der Waals surface area contributed by atoms with Crippen LogP contribution in [0, 0.1) is 0 Å². The van der Waals surface area contributed by atoms with E-state index in [9.17, 15) is 26.3 Å². The third-order valence-corrected chi connectivity index (χ3v) is 4.68. The van der Waals surface area contributed by atoms with E-state index in [-0.39, 0.29) is 11.5 Å². The van der Waals surface area contributed by atoms with Crippen LogP contribution in [0.25, 0.3) is 0 Å². The molecule has 0 fully saturated rings. The zero-order valence-electron chi connectivity index (χ0n) is 16.0. The van der Waals surface area contributed by atoms with Crippen LogP contribution >= 0.6 is 0 Å². The van der Waals surface area contributed by atoms with Gasteiger partial charge in [-0.3, -0.25) is 0 Å². The van der Waals surface area contributed by atoms with E-state index in [0.717, 1.165) is 67.8 Å². The number of alkyl halides is 6. The molecule has 2 rings (SSSR count). The van der Waals surface area contributed by atoms with Gasteiger partial charge in [0.05, 0.1) is 13.7 Å². The lowest BCUT2D eigenvalue weighted by Gasteiger charge is -2.38. The summed E-state index contributed by atoms with van der Waals surface area (Å²) >= 11 is 0. The quantitative estimate of drug-likeness (QED) is 0.351. The van der Waals surface area contributed by atoms with E-state index in [1.165, 1.54) is 7.11 Å². The second kappa shape index (κ2) is 8.97. The molecule has 2 aromatic rings. The fraction of sp³-hybridized carbons (Fsp3) is 0.429. The van der Waals surface area contributed by atoms with Crippen molar-refractivity contribution in [1.82, 2.24) is 0 Å². The van der Waals surface area contributed by atoms with E-state index in [0.29, 0.717) is 6.61 Å². The number of benzene rings is 2. The monoisotopic (exact) mass is 420 g/mol. The average Bonchev–Trinajstić information content (AvgIpc) is 2.65. The van der Waals surface area contributed by atoms with Gasteiger partial charge in [-0.05, 0) is 41.8 Å². The normalized spacial score (nSPS) is 12.7. The molecule has 0 saturated carbocycles. The molecule has 0 atom stereocenters. The topological polar surface area (TPSA) is 18.5 Å². The van der Waals surface area contributed by atoms with Crippen molar-refractivity contribution >= 4 is 0 Å². The molecule has 2 aromatic carbocycles. The van der Waals surface area contributed by atoms with Crippen LogP contribution in [0.3, 0.4) is 0 Å². The van der Waals surface area contributed by atoms with E-state index in [4.69, 9.17) is 9.47 Å². The first-order chi connectivity index (χ1) is 13.6. The Kier molecular flexibility index (Phi) is 7.08. The summed E-state index contributed by atoms with van der Waals surface area (Å²) in [5.74, 6) is 0.376. The Bertz CT molecular complexity index is 750. The smallest absolute Gasteiger partial charge is 0.411 e. The highest BCUT2D eigenvalue weighted by Crippen LogP contribution is 2.56. The molecule has 0 bridgehead atoms.